The van der Waals surface area contributed by atoms with Crippen LogP contribution in [0.1, 0.15) is 20.8 Å². The Hall–Kier alpha value is -1.88. The highest BCUT2D eigenvalue weighted by Gasteiger charge is 2.10. The number of hydrogen-bond donors (Lipinski definition) is 1. The summed E-state index contributed by atoms with van der Waals surface area (Å²) in [5.41, 5.74) is 1.87. The monoisotopic (exact) mass is 290 g/mol. The van der Waals surface area contributed by atoms with Gasteiger partial charge in [0.2, 0.25) is 5.91 Å². The zero-order valence-electron chi connectivity index (χ0n) is 11.8. The third kappa shape index (κ3) is 3.57. The van der Waals surface area contributed by atoms with Crippen LogP contribution in [0.25, 0.3) is 11.3 Å². The minimum atomic E-state index is -0.0483. The Morgan fingerprint density at radius 3 is 2.65 bits per heavy atom. The summed E-state index contributed by atoms with van der Waals surface area (Å²) in [6.07, 6.45) is 0. The average Bonchev–Trinajstić information content (AvgIpc) is 2.88. The molecule has 0 saturated carbocycles. The van der Waals surface area contributed by atoms with Gasteiger partial charge in [0.05, 0.1) is 12.3 Å². The molecule has 1 aromatic heterocycles. The van der Waals surface area contributed by atoms with Crippen LogP contribution < -0.4 is 10.1 Å². The molecule has 0 aliphatic carbocycles. The van der Waals surface area contributed by atoms with E-state index < -0.39 is 0 Å². The highest BCUT2D eigenvalue weighted by atomic mass is 32.1. The van der Waals surface area contributed by atoms with E-state index in [0.29, 0.717) is 11.7 Å². The van der Waals surface area contributed by atoms with Crippen LogP contribution in [-0.2, 0) is 4.79 Å². The number of ether oxygens (including phenoxy) is 1. The summed E-state index contributed by atoms with van der Waals surface area (Å²) >= 11 is 1.43. The van der Waals surface area contributed by atoms with Crippen LogP contribution in [0.15, 0.2) is 29.6 Å². The molecule has 1 N–H and O–H groups in total. The fourth-order valence-corrected chi connectivity index (χ4v) is 2.32. The molecule has 0 radical (unpaired) electrons. The molecule has 4 nitrogen and oxygen atoms in total. The molecule has 5 heteroatoms. The molecule has 1 aromatic carbocycles. The molecule has 1 amide bonds. The van der Waals surface area contributed by atoms with Crippen molar-refractivity contribution in [2.24, 2.45) is 5.92 Å². The van der Waals surface area contributed by atoms with Crippen molar-refractivity contribution in [3.05, 3.63) is 29.6 Å². The van der Waals surface area contributed by atoms with Crippen molar-refractivity contribution >= 4 is 22.4 Å². The summed E-state index contributed by atoms with van der Waals surface area (Å²) in [6.45, 7) is 6.33. The molecule has 2 aromatic rings. The molecular weight excluding hydrogens is 272 g/mol. The van der Waals surface area contributed by atoms with E-state index in [1.807, 2.05) is 50.4 Å². The molecule has 0 unspecified atom stereocenters. The second-order valence-electron chi connectivity index (χ2n) is 4.64. The van der Waals surface area contributed by atoms with Crippen LogP contribution in [0.4, 0.5) is 5.13 Å². The Labute approximate surface area is 122 Å². The Morgan fingerprint density at radius 2 is 2.05 bits per heavy atom. The normalized spacial score (nSPS) is 10.6. The van der Waals surface area contributed by atoms with Crippen LogP contribution >= 0.6 is 11.3 Å². The topological polar surface area (TPSA) is 51.2 Å². The van der Waals surface area contributed by atoms with E-state index in [1.54, 1.807) is 0 Å². The fourth-order valence-electron chi connectivity index (χ4n) is 1.60. The van der Waals surface area contributed by atoms with Gasteiger partial charge in [-0.05, 0) is 31.2 Å². The number of benzene rings is 1. The maximum atomic E-state index is 11.6. The molecule has 0 aliphatic rings. The van der Waals surface area contributed by atoms with Gasteiger partial charge in [-0.15, -0.1) is 11.3 Å². The number of thiazole rings is 1. The first-order chi connectivity index (χ1) is 9.60. The lowest BCUT2D eigenvalue weighted by Gasteiger charge is -2.04. The van der Waals surface area contributed by atoms with E-state index in [1.165, 1.54) is 11.3 Å². The van der Waals surface area contributed by atoms with E-state index in [4.69, 9.17) is 4.74 Å². The van der Waals surface area contributed by atoms with Gasteiger partial charge >= 0.3 is 0 Å². The predicted octanol–water partition coefficient (Wildman–Crippen LogP) is 3.80. The van der Waals surface area contributed by atoms with Gasteiger partial charge in [0.25, 0.3) is 0 Å². The lowest BCUT2D eigenvalue weighted by atomic mass is 10.2. The summed E-state index contributed by atoms with van der Waals surface area (Å²) in [5, 5.41) is 5.38. The van der Waals surface area contributed by atoms with Crippen molar-refractivity contribution in [1.29, 1.82) is 0 Å². The Balaban J connectivity index is 2.10. The molecule has 0 fully saturated rings. The second kappa shape index (κ2) is 6.52. The molecule has 106 valence electrons. The molecule has 2 rings (SSSR count). The highest BCUT2D eigenvalue weighted by molar-refractivity contribution is 7.14. The quantitative estimate of drug-likeness (QED) is 0.911. The zero-order chi connectivity index (χ0) is 14.5. The lowest BCUT2D eigenvalue weighted by Crippen LogP contribution is -2.17. The van der Waals surface area contributed by atoms with Gasteiger partial charge < -0.3 is 10.1 Å². The maximum absolute atomic E-state index is 11.6. The molecule has 1 heterocycles. The number of nitrogens with zero attached hydrogens (tertiary/aromatic N) is 1. The van der Waals surface area contributed by atoms with Crippen LogP contribution in [0.2, 0.25) is 0 Å². The van der Waals surface area contributed by atoms with Gasteiger partial charge in [-0.3, -0.25) is 4.79 Å². The van der Waals surface area contributed by atoms with E-state index in [9.17, 15) is 4.79 Å². The number of carbonyl (C=O) groups excluding carboxylic acids is 1. The maximum Gasteiger partial charge on any atom is 0.228 e. The minimum Gasteiger partial charge on any atom is -0.494 e. The average molecular weight is 290 g/mol. The summed E-state index contributed by atoms with van der Waals surface area (Å²) in [5.74, 6) is 0.783. The molecular formula is C15H18N2O2S. The highest BCUT2D eigenvalue weighted by Crippen LogP contribution is 2.26. The van der Waals surface area contributed by atoms with Gasteiger partial charge in [-0.1, -0.05) is 13.8 Å². The van der Waals surface area contributed by atoms with Crippen molar-refractivity contribution in [3.63, 3.8) is 0 Å². The smallest absolute Gasteiger partial charge is 0.228 e. The van der Waals surface area contributed by atoms with E-state index in [-0.39, 0.29) is 11.8 Å². The predicted molar refractivity (Wildman–Crippen MR) is 82.2 cm³/mol. The third-order valence-electron chi connectivity index (χ3n) is 2.72. The summed E-state index contributed by atoms with van der Waals surface area (Å²) in [6, 6.07) is 7.78. The standard InChI is InChI=1S/C15H18N2O2S/c1-4-19-12-7-5-11(6-8-12)13-9-20-15(16-13)17-14(18)10(2)3/h5-10H,4H2,1-3H3,(H,16,17,18). The molecule has 0 spiro atoms. The zero-order valence-corrected chi connectivity index (χ0v) is 12.7. The van der Waals surface area contributed by atoms with Crippen LogP contribution in [-0.4, -0.2) is 17.5 Å². The lowest BCUT2D eigenvalue weighted by molar-refractivity contribution is -0.118. The number of amides is 1. The summed E-state index contributed by atoms with van der Waals surface area (Å²) < 4.78 is 5.41. The number of hydrogen-bond acceptors (Lipinski definition) is 4. The second-order valence-corrected chi connectivity index (χ2v) is 5.50. The van der Waals surface area contributed by atoms with E-state index >= 15 is 0 Å². The minimum absolute atomic E-state index is 0.0161. The van der Waals surface area contributed by atoms with Crippen LogP contribution in [0.5, 0.6) is 5.75 Å². The van der Waals surface area contributed by atoms with Crippen molar-refractivity contribution in [2.45, 2.75) is 20.8 Å². The number of anilines is 1. The van der Waals surface area contributed by atoms with Crippen molar-refractivity contribution in [1.82, 2.24) is 4.98 Å². The summed E-state index contributed by atoms with van der Waals surface area (Å²) in [7, 11) is 0. The molecule has 0 aliphatic heterocycles. The van der Waals surface area contributed by atoms with Gasteiger partial charge in [0.15, 0.2) is 5.13 Å². The Morgan fingerprint density at radius 1 is 1.35 bits per heavy atom. The SMILES string of the molecule is CCOc1ccc(-c2csc(NC(=O)C(C)C)n2)cc1. The fraction of sp³-hybridized carbons (Fsp3) is 0.333. The first-order valence-electron chi connectivity index (χ1n) is 6.59. The Bertz CT molecular complexity index is 576. The van der Waals surface area contributed by atoms with E-state index in [2.05, 4.69) is 10.3 Å². The summed E-state index contributed by atoms with van der Waals surface area (Å²) in [4.78, 5) is 16.0. The van der Waals surface area contributed by atoms with Gasteiger partial charge in [-0.2, -0.15) is 0 Å². The van der Waals surface area contributed by atoms with Crippen molar-refractivity contribution in [2.75, 3.05) is 11.9 Å². The molecule has 0 saturated heterocycles. The number of nitrogens with one attached hydrogen (secondary N) is 1. The van der Waals surface area contributed by atoms with Crippen LogP contribution in [0.3, 0.4) is 0 Å². The number of aromatic nitrogens is 1. The van der Waals surface area contributed by atoms with Crippen molar-refractivity contribution in [3.8, 4) is 17.0 Å². The van der Waals surface area contributed by atoms with Crippen LogP contribution in [0, 0.1) is 5.92 Å². The number of rotatable bonds is 5. The third-order valence-corrected chi connectivity index (χ3v) is 3.48. The Kier molecular flexibility index (Phi) is 4.74. The first-order valence-corrected chi connectivity index (χ1v) is 7.47. The molecule has 0 bridgehead atoms. The number of carbonyl (C=O) groups is 1. The van der Waals surface area contributed by atoms with Gasteiger partial charge in [-0.25, -0.2) is 4.98 Å². The van der Waals surface area contributed by atoms with Gasteiger partial charge in [0.1, 0.15) is 5.75 Å². The van der Waals surface area contributed by atoms with Gasteiger partial charge in [0, 0.05) is 16.9 Å². The molecule has 20 heavy (non-hydrogen) atoms. The molecule has 0 atom stereocenters. The van der Waals surface area contributed by atoms with Crippen molar-refractivity contribution < 1.29 is 9.53 Å². The first kappa shape index (κ1) is 14.5. The largest absolute Gasteiger partial charge is 0.494 e. The van der Waals surface area contributed by atoms with E-state index in [0.717, 1.165) is 17.0 Å².